The van der Waals surface area contributed by atoms with Crippen molar-refractivity contribution in [3.8, 4) is 17.2 Å². The average molecular weight is 433 g/mol. The predicted octanol–water partition coefficient (Wildman–Crippen LogP) is 2.10. The van der Waals surface area contributed by atoms with Crippen LogP contribution in [0.1, 0.15) is 28.8 Å². The van der Waals surface area contributed by atoms with Crippen molar-refractivity contribution in [1.82, 2.24) is 25.1 Å². The van der Waals surface area contributed by atoms with E-state index in [0.717, 1.165) is 11.3 Å². The fourth-order valence-corrected chi connectivity index (χ4v) is 4.16. The third-order valence-corrected chi connectivity index (χ3v) is 5.95. The Morgan fingerprint density at radius 3 is 2.44 bits per heavy atom. The van der Waals surface area contributed by atoms with Crippen molar-refractivity contribution in [2.24, 2.45) is 5.92 Å². The second-order valence-corrected chi connectivity index (χ2v) is 7.98. The van der Waals surface area contributed by atoms with Crippen molar-refractivity contribution < 1.29 is 19.1 Å². The van der Waals surface area contributed by atoms with Crippen LogP contribution < -0.4 is 9.47 Å². The van der Waals surface area contributed by atoms with Crippen LogP contribution in [-0.2, 0) is 11.2 Å². The molecule has 1 saturated heterocycles. The van der Waals surface area contributed by atoms with E-state index in [4.69, 9.17) is 9.47 Å². The van der Waals surface area contributed by atoms with Crippen LogP contribution in [0.5, 0.6) is 11.5 Å². The number of rotatable bonds is 5. The standard InChI is InChI=1S/C23H23N5O4/c29-22(13-16-1-4-19(5-2-16)28-15-24-25-26-28)27-9-7-17(8-10-27)23(30)18-3-6-20-21(14-18)32-12-11-31-20/h1-6,14-15,17H,7-13H2. The number of nitrogens with zero attached hydrogens (tertiary/aromatic N) is 5. The summed E-state index contributed by atoms with van der Waals surface area (Å²) in [6, 6.07) is 13.0. The molecule has 2 aliphatic heterocycles. The number of piperidine rings is 1. The van der Waals surface area contributed by atoms with Gasteiger partial charge in [0.05, 0.1) is 12.1 Å². The highest BCUT2D eigenvalue weighted by atomic mass is 16.6. The molecular weight excluding hydrogens is 410 g/mol. The molecule has 0 unspecified atom stereocenters. The summed E-state index contributed by atoms with van der Waals surface area (Å²) in [5, 5.41) is 11.1. The molecule has 5 rings (SSSR count). The second-order valence-electron chi connectivity index (χ2n) is 7.98. The number of carbonyl (C=O) groups excluding carboxylic acids is 2. The number of Topliss-reactive ketones (excluding diaryl/α,β-unsaturated/α-hetero) is 1. The smallest absolute Gasteiger partial charge is 0.226 e. The van der Waals surface area contributed by atoms with Gasteiger partial charge >= 0.3 is 0 Å². The van der Waals surface area contributed by atoms with E-state index >= 15 is 0 Å². The first-order chi connectivity index (χ1) is 15.7. The van der Waals surface area contributed by atoms with Gasteiger partial charge in [0.2, 0.25) is 5.91 Å². The molecule has 9 heteroatoms. The minimum absolute atomic E-state index is 0.0744. The summed E-state index contributed by atoms with van der Waals surface area (Å²) in [6.45, 7) is 2.19. The highest BCUT2D eigenvalue weighted by Gasteiger charge is 2.28. The molecule has 2 aliphatic rings. The van der Waals surface area contributed by atoms with E-state index in [1.807, 2.05) is 29.2 Å². The molecule has 3 aromatic rings. The van der Waals surface area contributed by atoms with E-state index in [0.29, 0.717) is 62.6 Å². The van der Waals surface area contributed by atoms with Crippen LogP contribution in [0.3, 0.4) is 0 Å². The Balaban J connectivity index is 1.15. The van der Waals surface area contributed by atoms with Crippen LogP contribution in [0.2, 0.25) is 0 Å². The van der Waals surface area contributed by atoms with Gasteiger partial charge in [-0.2, -0.15) is 0 Å². The summed E-state index contributed by atoms with van der Waals surface area (Å²) in [7, 11) is 0. The molecule has 1 fully saturated rings. The van der Waals surface area contributed by atoms with Gasteiger partial charge in [-0.3, -0.25) is 9.59 Å². The number of hydrogen-bond donors (Lipinski definition) is 0. The molecule has 3 heterocycles. The highest BCUT2D eigenvalue weighted by molar-refractivity contribution is 5.98. The zero-order valence-corrected chi connectivity index (χ0v) is 17.5. The second kappa shape index (κ2) is 8.78. The molecule has 0 bridgehead atoms. The molecule has 2 aromatic carbocycles. The number of likely N-dealkylation sites (tertiary alicyclic amines) is 1. The molecule has 0 saturated carbocycles. The molecule has 164 valence electrons. The van der Waals surface area contributed by atoms with Crippen molar-refractivity contribution in [1.29, 1.82) is 0 Å². The summed E-state index contributed by atoms with van der Waals surface area (Å²) in [4.78, 5) is 27.6. The number of carbonyl (C=O) groups is 2. The van der Waals surface area contributed by atoms with Gasteiger partial charge in [0, 0.05) is 24.6 Å². The molecular formula is C23H23N5O4. The summed E-state index contributed by atoms with van der Waals surface area (Å²) in [5.41, 5.74) is 2.41. The number of hydrogen-bond acceptors (Lipinski definition) is 7. The maximum atomic E-state index is 13.0. The van der Waals surface area contributed by atoms with Crippen LogP contribution in [0, 0.1) is 5.92 Å². The largest absolute Gasteiger partial charge is 0.486 e. The minimum Gasteiger partial charge on any atom is -0.486 e. The maximum absolute atomic E-state index is 13.0. The Morgan fingerprint density at radius 2 is 1.72 bits per heavy atom. The van der Waals surface area contributed by atoms with Gasteiger partial charge in [-0.1, -0.05) is 12.1 Å². The number of benzene rings is 2. The lowest BCUT2D eigenvalue weighted by atomic mass is 9.88. The number of ketones is 1. The normalized spacial score (nSPS) is 16.1. The Labute approximate surface area is 184 Å². The van der Waals surface area contributed by atoms with E-state index in [2.05, 4.69) is 15.5 Å². The first-order valence-electron chi connectivity index (χ1n) is 10.7. The van der Waals surface area contributed by atoms with E-state index < -0.39 is 0 Å². The van der Waals surface area contributed by atoms with Gasteiger partial charge < -0.3 is 14.4 Å². The van der Waals surface area contributed by atoms with Crippen LogP contribution in [0.15, 0.2) is 48.8 Å². The van der Waals surface area contributed by atoms with Crippen molar-refractivity contribution in [2.75, 3.05) is 26.3 Å². The summed E-state index contributed by atoms with van der Waals surface area (Å²) < 4.78 is 12.7. The molecule has 1 aromatic heterocycles. The number of ether oxygens (including phenoxy) is 2. The maximum Gasteiger partial charge on any atom is 0.226 e. The summed E-state index contributed by atoms with van der Waals surface area (Å²) in [6.07, 6.45) is 3.18. The molecule has 1 amide bonds. The van der Waals surface area contributed by atoms with Gasteiger partial charge in [0.1, 0.15) is 19.5 Å². The van der Waals surface area contributed by atoms with E-state index in [1.54, 1.807) is 22.9 Å². The Kier molecular flexibility index (Phi) is 5.53. The number of tetrazole rings is 1. The van der Waals surface area contributed by atoms with Gasteiger partial charge in [0.15, 0.2) is 17.3 Å². The third-order valence-electron chi connectivity index (χ3n) is 5.95. The highest BCUT2D eigenvalue weighted by Crippen LogP contribution is 2.32. The quantitative estimate of drug-likeness (QED) is 0.568. The van der Waals surface area contributed by atoms with E-state index in [1.165, 1.54) is 6.33 Å². The molecule has 9 nitrogen and oxygen atoms in total. The number of fused-ring (bicyclic) bond motifs is 1. The predicted molar refractivity (Wildman–Crippen MR) is 114 cm³/mol. The Bertz CT molecular complexity index is 1110. The first kappa shape index (κ1) is 20.2. The fourth-order valence-electron chi connectivity index (χ4n) is 4.16. The Morgan fingerprint density at radius 1 is 0.969 bits per heavy atom. The van der Waals surface area contributed by atoms with Crippen LogP contribution in [-0.4, -0.2) is 63.1 Å². The summed E-state index contributed by atoms with van der Waals surface area (Å²) in [5.74, 6) is 1.40. The average Bonchev–Trinajstić information content (AvgIpc) is 3.39. The van der Waals surface area contributed by atoms with Crippen molar-refractivity contribution >= 4 is 11.7 Å². The lowest BCUT2D eigenvalue weighted by Gasteiger charge is -2.31. The summed E-state index contributed by atoms with van der Waals surface area (Å²) >= 11 is 0. The molecule has 0 radical (unpaired) electrons. The van der Waals surface area contributed by atoms with E-state index in [9.17, 15) is 9.59 Å². The zero-order valence-electron chi connectivity index (χ0n) is 17.5. The lowest BCUT2D eigenvalue weighted by molar-refractivity contribution is -0.131. The van der Waals surface area contributed by atoms with Gasteiger partial charge in [-0.05, 0) is 59.2 Å². The minimum atomic E-state index is -0.0859. The molecule has 32 heavy (non-hydrogen) atoms. The van der Waals surface area contributed by atoms with Gasteiger partial charge in [0.25, 0.3) is 0 Å². The number of aromatic nitrogens is 4. The third kappa shape index (κ3) is 4.18. The van der Waals surface area contributed by atoms with Crippen molar-refractivity contribution in [2.45, 2.75) is 19.3 Å². The molecule has 0 N–H and O–H groups in total. The van der Waals surface area contributed by atoms with Crippen LogP contribution in [0.4, 0.5) is 0 Å². The first-order valence-corrected chi connectivity index (χ1v) is 10.7. The molecule has 0 aliphatic carbocycles. The van der Waals surface area contributed by atoms with E-state index in [-0.39, 0.29) is 17.6 Å². The fraction of sp³-hybridized carbons (Fsp3) is 0.348. The van der Waals surface area contributed by atoms with Gasteiger partial charge in [-0.15, -0.1) is 5.10 Å². The monoisotopic (exact) mass is 433 g/mol. The van der Waals surface area contributed by atoms with Crippen molar-refractivity contribution in [3.05, 3.63) is 59.9 Å². The SMILES string of the molecule is O=C(c1ccc2c(c1)OCCO2)C1CCN(C(=O)Cc2ccc(-n3cnnn3)cc2)CC1. The van der Waals surface area contributed by atoms with Crippen LogP contribution in [0.25, 0.3) is 5.69 Å². The Hall–Kier alpha value is -3.75. The van der Waals surface area contributed by atoms with Gasteiger partial charge in [-0.25, -0.2) is 4.68 Å². The van der Waals surface area contributed by atoms with Crippen molar-refractivity contribution in [3.63, 3.8) is 0 Å². The molecule has 0 atom stereocenters. The molecule has 0 spiro atoms. The lowest BCUT2D eigenvalue weighted by Crippen LogP contribution is -2.41. The zero-order chi connectivity index (χ0) is 21.9. The number of amides is 1. The van der Waals surface area contributed by atoms with Crippen LogP contribution >= 0.6 is 0 Å². The topological polar surface area (TPSA) is 99.4 Å².